The first kappa shape index (κ1) is 18.5. The van der Waals surface area contributed by atoms with Crippen molar-refractivity contribution in [1.82, 2.24) is 0 Å². The van der Waals surface area contributed by atoms with Gasteiger partial charge in [-0.3, -0.25) is 0 Å². The van der Waals surface area contributed by atoms with Gasteiger partial charge in [0.2, 0.25) is 0 Å². The number of ether oxygens (including phenoxy) is 2. The van der Waals surface area contributed by atoms with Crippen LogP contribution in [0.1, 0.15) is 40.5 Å². The Balaban J connectivity index is 2.05. The normalized spacial score (nSPS) is 14.7. The van der Waals surface area contributed by atoms with E-state index in [1.54, 1.807) is 0 Å². The Kier molecular flexibility index (Phi) is 6.85. The molecule has 0 aromatic heterocycles. The molecule has 2 rings (SSSR count). The summed E-state index contributed by atoms with van der Waals surface area (Å²) in [6.07, 6.45) is 2.27. The summed E-state index contributed by atoms with van der Waals surface area (Å²) in [5.41, 5.74) is 0. The maximum absolute atomic E-state index is 12.7. The molecule has 0 fully saturated rings. The summed E-state index contributed by atoms with van der Waals surface area (Å²) in [5.74, 6) is 1.62. The zero-order chi connectivity index (χ0) is 17.5. The second-order valence-electron chi connectivity index (χ2n) is 5.88. The standard InChI is InChI=1S/C20H26O3S/c1-5-15(3)22-17-7-11-19(12-8-17)24(21)20-13-9-18(10-14-20)23-16(4)6-2/h7-16H,5-6H2,1-4H3. The van der Waals surface area contributed by atoms with Gasteiger partial charge in [0, 0.05) is 9.79 Å². The monoisotopic (exact) mass is 346 g/mol. The lowest BCUT2D eigenvalue weighted by Crippen LogP contribution is -2.09. The van der Waals surface area contributed by atoms with Crippen molar-refractivity contribution < 1.29 is 13.7 Å². The van der Waals surface area contributed by atoms with Crippen LogP contribution in [0.4, 0.5) is 0 Å². The maximum Gasteiger partial charge on any atom is 0.119 e. The van der Waals surface area contributed by atoms with Crippen LogP contribution in [0.15, 0.2) is 58.3 Å². The molecule has 0 spiro atoms. The Morgan fingerprint density at radius 3 is 1.38 bits per heavy atom. The molecule has 130 valence electrons. The fourth-order valence-electron chi connectivity index (χ4n) is 2.05. The van der Waals surface area contributed by atoms with E-state index in [2.05, 4.69) is 13.8 Å². The van der Waals surface area contributed by atoms with Crippen LogP contribution in [0.5, 0.6) is 11.5 Å². The average Bonchev–Trinajstić information content (AvgIpc) is 2.62. The highest BCUT2D eigenvalue weighted by atomic mass is 32.2. The summed E-state index contributed by atoms with van der Waals surface area (Å²) in [6.45, 7) is 8.25. The smallest absolute Gasteiger partial charge is 0.119 e. The van der Waals surface area contributed by atoms with E-state index in [-0.39, 0.29) is 12.2 Å². The molecule has 0 aliphatic carbocycles. The van der Waals surface area contributed by atoms with Crippen molar-refractivity contribution in [3.05, 3.63) is 48.5 Å². The lowest BCUT2D eigenvalue weighted by molar-refractivity contribution is 0.217. The minimum Gasteiger partial charge on any atom is -0.491 e. The van der Waals surface area contributed by atoms with Gasteiger partial charge in [-0.05, 0) is 75.2 Å². The van der Waals surface area contributed by atoms with Crippen molar-refractivity contribution >= 4 is 10.8 Å². The highest BCUT2D eigenvalue weighted by Crippen LogP contribution is 2.23. The number of rotatable bonds is 8. The van der Waals surface area contributed by atoms with Crippen LogP contribution in [-0.2, 0) is 10.8 Å². The van der Waals surface area contributed by atoms with Gasteiger partial charge >= 0.3 is 0 Å². The van der Waals surface area contributed by atoms with E-state index in [1.807, 2.05) is 62.4 Å². The zero-order valence-electron chi connectivity index (χ0n) is 14.8. The number of hydrogen-bond acceptors (Lipinski definition) is 3. The van der Waals surface area contributed by atoms with E-state index < -0.39 is 10.8 Å². The topological polar surface area (TPSA) is 35.5 Å². The van der Waals surface area contributed by atoms with E-state index >= 15 is 0 Å². The van der Waals surface area contributed by atoms with Gasteiger partial charge in [0.05, 0.1) is 23.0 Å². The second-order valence-corrected chi connectivity index (χ2v) is 7.37. The fourth-order valence-corrected chi connectivity index (χ4v) is 3.09. The van der Waals surface area contributed by atoms with Gasteiger partial charge in [-0.25, -0.2) is 4.21 Å². The third-order valence-electron chi connectivity index (χ3n) is 3.90. The van der Waals surface area contributed by atoms with Crippen molar-refractivity contribution in [2.45, 2.75) is 62.5 Å². The largest absolute Gasteiger partial charge is 0.491 e. The van der Waals surface area contributed by atoms with Crippen LogP contribution >= 0.6 is 0 Å². The lowest BCUT2D eigenvalue weighted by Gasteiger charge is -2.13. The van der Waals surface area contributed by atoms with Crippen molar-refractivity contribution in [3.8, 4) is 11.5 Å². The van der Waals surface area contributed by atoms with Crippen LogP contribution in [0.3, 0.4) is 0 Å². The summed E-state index contributed by atoms with van der Waals surface area (Å²) in [6, 6.07) is 14.9. The van der Waals surface area contributed by atoms with Gasteiger partial charge in [-0.15, -0.1) is 0 Å². The Morgan fingerprint density at radius 1 is 0.750 bits per heavy atom. The van der Waals surface area contributed by atoms with Gasteiger partial charge in [-0.1, -0.05) is 13.8 Å². The van der Waals surface area contributed by atoms with Gasteiger partial charge in [0.1, 0.15) is 11.5 Å². The molecule has 0 saturated carbocycles. The Hall–Kier alpha value is -1.81. The minimum absolute atomic E-state index is 0.180. The van der Waals surface area contributed by atoms with Gasteiger partial charge in [0.25, 0.3) is 0 Å². The van der Waals surface area contributed by atoms with Crippen LogP contribution in [0.2, 0.25) is 0 Å². The van der Waals surface area contributed by atoms with Crippen molar-refractivity contribution in [2.75, 3.05) is 0 Å². The first-order chi connectivity index (χ1) is 11.5. The Bertz CT molecular complexity index is 592. The molecule has 2 atom stereocenters. The first-order valence-corrected chi connectivity index (χ1v) is 9.63. The van der Waals surface area contributed by atoms with Crippen molar-refractivity contribution in [2.24, 2.45) is 0 Å². The van der Waals surface area contributed by atoms with E-state index in [4.69, 9.17) is 9.47 Å². The van der Waals surface area contributed by atoms with Gasteiger partial charge in [0.15, 0.2) is 0 Å². The van der Waals surface area contributed by atoms with E-state index in [9.17, 15) is 4.21 Å². The van der Waals surface area contributed by atoms with Gasteiger partial charge < -0.3 is 9.47 Å². The fraction of sp³-hybridized carbons (Fsp3) is 0.400. The molecule has 0 aliphatic heterocycles. The molecule has 4 heteroatoms. The van der Waals surface area contributed by atoms with E-state index in [0.29, 0.717) is 0 Å². The van der Waals surface area contributed by atoms with Crippen LogP contribution in [0.25, 0.3) is 0 Å². The molecule has 2 aromatic carbocycles. The molecular weight excluding hydrogens is 320 g/mol. The molecule has 0 saturated heterocycles. The summed E-state index contributed by atoms with van der Waals surface area (Å²) >= 11 is 0. The van der Waals surface area contributed by atoms with Crippen LogP contribution < -0.4 is 9.47 Å². The number of benzene rings is 2. The predicted molar refractivity (Wildman–Crippen MR) is 98.3 cm³/mol. The number of hydrogen-bond donors (Lipinski definition) is 0. The van der Waals surface area contributed by atoms with Crippen LogP contribution in [0, 0.1) is 0 Å². The molecule has 0 bridgehead atoms. The summed E-state index contributed by atoms with van der Waals surface area (Å²) in [7, 11) is -1.20. The molecule has 2 unspecified atom stereocenters. The van der Waals surface area contributed by atoms with E-state index in [0.717, 1.165) is 34.1 Å². The molecule has 0 heterocycles. The summed E-state index contributed by atoms with van der Waals surface area (Å²) in [5, 5.41) is 0. The molecule has 0 amide bonds. The molecule has 24 heavy (non-hydrogen) atoms. The molecule has 0 aliphatic rings. The highest BCUT2D eigenvalue weighted by Gasteiger charge is 2.09. The molecule has 2 aromatic rings. The summed E-state index contributed by atoms with van der Waals surface area (Å²) < 4.78 is 24.2. The lowest BCUT2D eigenvalue weighted by atomic mass is 10.3. The predicted octanol–water partition coefficient (Wildman–Crippen LogP) is 5.21. The Labute approximate surface area is 147 Å². The van der Waals surface area contributed by atoms with Crippen molar-refractivity contribution in [1.29, 1.82) is 0 Å². The summed E-state index contributed by atoms with van der Waals surface area (Å²) in [4.78, 5) is 1.53. The van der Waals surface area contributed by atoms with E-state index in [1.165, 1.54) is 0 Å². The third kappa shape index (κ3) is 5.10. The maximum atomic E-state index is 12.7. The molecular formula is C20H26O3S. The minimum atomic E-state index is -1.20. The molecule has 0 radical (unpaired) electrons. The average molecular weight is 346 g/mol. The van der Waals surface area contributed by atoms with Gasteiger partial charge in [-0.2, -0.15) is 0 Å². The first-order valence-electron chi connectivity index (χ1n) is 8.48. The molecule has 3 nitrogen and oxygen atoms in total. The third-order valence-corrected chi connectivity index (χ3v) is 5.30. The molecule has 0 N–H and O–H groups in total. The quantitative estimate of drug-likeness (QED) is 0.658. The Morgan fingerprint density at radius 2 is 1.08 bits per heavy atom. The van der Waals surface area contributed by atoms with Crippen molar-refractivity contribution in [3.63, 3.8) is 0 Å². The zero-order valence-corrected chi connectivity index (χ0v) is 15.6. The SMILES string of the molecule is CCC(C)Oc1ccc(S(=O)c2ccc(OC(C)CC)cc2)cc1. The highest BCUT2D eigenvalue weighted by molar-refractivity contribution is 7.85. The second kappa shape index (κ2) is 8.88. The van der Waals surface area contributed by atoms with Crippen LogP contribution in [-0.4, -0.2) is 16.4 Å².